The summed E-state index contributed by atoms with van der Waals surface area (Å²) in [4.78, 5) is 0. The van der Waals surface area contributed by atoms with Gasteiger partial charge in [0.15, 0.2) is 30.0 Å². The van der Waals surface area contributed by atoms with E-state index in [4.69, 9.17) is 6.85 Å². The Hall–Kier alpha value is -12.1. The molecular formula is C121H130N5+5. The number of hydrogen-bond acceptors (Lipinski definition) is 0. The number of hydrogen-bond donors (Lipinski definition) is 0. The van der Waals surface area contributed by atoms with Gasteiger partial charge < -0.3 is 0 Å². The van der Waals surface area contributed by atoms with Gasteiger partial charge in [0, 0.05) is 67.6 Å². The molecule has 3 fully saturated rings. The molecule has 4 aliphatic carbocycles. The number of benzene rings is 12. The van der Waals surface area contributed by atoms with Gasteiger partial charge in [-0.3, -0.25) is 0 Å². The van der Waals surface area contributed by atoms with E-state index >= 15 is 0 Å². The van der Waals surface area contributed by atoms with Crippen LogP contribution in [-0.4, -0.2) is 0 Å². The third kappa shape index (κ3) is 17.0. The Morgan fingerprint density at radius 2 is 0.690 bits per heavy atom. The van der Waals surface area contributed by atoms with E-state index in [9.17, 15) is 0 Å². The highest BCUT2D eigenvalue weighted by Crippen LogP contribution is 2.51. The van der Waals surface area contributed by atoms with Gasteiger partial charge in [-0.1, -0.05) is 234 Å². The summed E-state index contributed by atoms with van der Waals surface area (Å²) in [5, 5.41) is 15.5. The van der Waals surface area contributed by atoms with Crippen molar-refractivity contribution in [2.45, 2.75) is 203 Å². The van der Waals surface area contributed by atoms with Crippen molar-refractivity contribution in [2.24, 2.45) is 35.2 Å². The van der Waals surface area contributed by atoms with E-state index in [2.05, 4.69) is 372 Å². The number of fused-ring (bicyclic) bond motifs is 9. The highest BCUT2D eigenvalue weighted by molar-refractivity contribution is 6.00. The van der Waals surface area contributed by atoms with E-state index in [1.54, 1.807) is 6.07 Å². The zero-order valence-corrected chi connectivity index (χ0v) is 77.9. The van der Waals surface area contributed by atoms with Gasteiger partial charge in [-0.05, 0) is 301 Å². The smallest absolute Gasteiger partial charge is 0.200 e. The van der Waals surface area contributed by atoms with E-state index < -0.39 is 13.2 Å². The van der Waals surface area contributed by atoms with Gasteiger partial charge in [0.25, 0.3) is 0 Å². The van der Waals surface area contributed by atoms with Crippen molar-refractivity contribution >= 4 is 64.6 Å². The number of aryl methyl sites for hydroxylation is 14. The Morgan fingerprint density at radius 1 is 0.302 bits per heavy atom. The molecule has 5 heterocycles. The third-order valence-corrected chi connectivity index (χ3v) is 28.9. The Morgan fingerprint density at radius 3 is 1.18 bits per heavy atom. The maximum atomic E-state index is 8.29. The molecule has 0 N–H and O–H groups in total. The minimum absolute atomic E-state index is 0.0210. The Balaban J connectivity index is 0.000000116. The summed E-state index contributed by atoms with van der Waals surface area (Å²) in [6.45, 7) is 25.5. The first-order valence-electron chi connectivity index (χ1n) is 48.8. The van der Waals surface area contributed by atoms with Crippen LogP contribution >= 0.6 is 0 Å². The summed E-state index contributed by atoms with van der Waals surface area (Å²) in [6.07, 6.45) is 20.8. The molecule has 5 heteroatoms. The summed E-state index contributed by atoms with van der Waals surface area (Å²) in [7, 11) is 10.6. The Bertz CT molecular complexity index is 7310. The zero-order valence-electron chi connectivity index (χ0n) is 82.9. The zero-order chi connectivity index (χ0) is 92.4. The van der Waals surface area contributed by atoms with Crippen LogP contribution in [0, 0.1) is 76.1 Å². The molecule has 0 radical (unpaired) electrons. The van der Waals surface area contributed by atoms with Crippen molar-refractivity contribution in [1.29, 1.82) is 0 Å². The number of aromatic nitrogens is 5. The Kier molecular flexibility index (Phi) is 22.9. The fourth-order valence-corrected chi connectivity index (χ4v) is 21.5. The maximum absolute atomic E-state index is 8.29. The van der Waals surface area contributed by atoms with Crippen molar-refractivity contribution in [2.75, 3.05) is 0 Å². The first-order valence-corrected chi connectivity index (χ1v) is 46.3. The number of nitrogens with zero attached hydrogens (tertiary/aromatic N) is 5. The van der Waals surface area contributed by atoms with E-state index in [0.29, 0.717) is 11.5 Å². The van der Waals surface area contributed by atoms with Crippen LogP contribution in [0.3, 0.4) is 0 Å². The molecule has 17 aromatic rings. The van der Waals surface area contributed by atoms with Crippen LogP contribution in [0.1, 0.15) is 217 Å². The molecule has 0 amide bonds. The van der Waals surface area contributed by atoms with Crippen LogP contribution in [0.5, 0.6) is 0 Å². The molecule has 21 rings (SSSR count). The van der Waals surface area contributed by atoms with Crippen LogP contribution in [0.25, 0.3) is 132 Å². The molecule has 5 aromatic heterocycles. The van der Waals surface area contributed by atoms with Crippen LogP contribution in [0.4, 0.5) is 0 Å². The average molecular weight is 1660 g/mol. The van der Waals surface area contributed by atoms with E-state index in [1.165, 1.54) is 278 Å². The van der Waals surface area contributed by atoms with Crippen LogP contribution < -0.4 is 22.8 Å². The van der Waals surface area contributed by atoms with E-state index in [-0.39, 0.29) is 11.0 Å². The lowest BCUT2D eigenvalue weighted by molar-refractivity contribution is -0.665. The van der Waals surface area contributed by atoms with Crippen molar-refractivity contribution < 1.29 is 29.7 Å². The summed E-state index contributed by atoms with van der Waals surface area (Å²) >= 11 is 0. The van der Waals surface area contributed by atoms with Crippen molar-refractivity contribution in [3.63, 3.8) is 0 Å². The summed E-state index contributed by atoms with van der Waals surface area (Å²) < 4.78 is 51.6. The van der Waals surface area contributed by atoms with Crippen LogP contribution in [-0.2, 0) is 47.0 Å². The second-order valence-corrected chi connectivity index (χ2v) is 37.9. The summed E-state index contributed by atoms with van der Waals surface area (Å²) in [5.41, 5.74) is 35.6. The molecule has 126 heavy (non-hydrogen) atoms. The van der Waals surface area contributed by atoms with Gasteiger partial charge in [0.1, 0.15) is 35.2 Å². The van der Waals surface area contributed by atoms with E-state index in [0.717, 1.165) is 39.4 Å². The maximum Gasteiger partial charge on any atom is 0.220 e. The largest absolute Gasteiger partial charge is 0.220 e. The molecular weight excluding hydrogens is 1520 g/mol. The van der Waals surface area contributed by atoms with Crippen LogP contribution in [0.15, 0.2) is 267 Å². The predicted molar refractivity (Wildman–Crippen MR) is 533 cm³/mol. The van der Waals surface area contributed by atoms with Crippen molar-refractivity contribution in [1.82, 2.24) is 0 Å². The average Bonchev–Trinajstić information content (AvgIpc) is 1.57. The fraction of sp³-hybridized carbons (Fsp3) is 0.298. The monoisotopic (exact) mass is 1660 g/mol. The topological polar surface area (TPSA) is 19.4 Å². The first kappa shape index (κ1) is 79.8. The predicted octanol–water partition coefficient (Wildman–Crippen LogP) is 29.0. The number of rotatable bonds is 9. The first-order chi connectivity index (χ1) is 62.7. The molecule has 3 saturated carbocycles. The molecule has 4 aliphatic rings. The minimum Gasteiger partial charge on any atom is -0.200 e. The van der Waals surface area contributed by atoms with Gasteiger partial charge >= 0.3 is 0 Å². The van der Waals surface area contributed by atoms with Crippen molar-refractivity contribution in [3.8, 4) is 67.4 Å². The third-order valence-electron chi connectivity index (χ3n) is 28.9. The highest BCUT2D eigenvalue weighted by atomic mass is 15.0. The quantitative estimate of drug-likeness (QED) is 0.128. The molecule has 634 valence electrons. The molecule has 5 nitrogen and oxygen atoms in total. The molecule has 0 saturated heterocycles. The van der Waals surface area contributed by atoms with Crippen molar-refractivity contribution in [3.05, 3.63) is 362 Å². The lowest BCUT2D eigenvalue weighted by Crippen LogP contribution is -2.35. The molecule has 0 aliphatic heterocycles. The lowest BCUT2D eigenvalue weighted by atomic mass is 9.81. The molecule has 0 unspecified atom stereocenters. The molecule has 12 aromatic carbocycles. The van der Waals surface area contributed by atoms with Gasteiger partial charge in [-0.25, -0.2) is 13.7 Å². The molecule has 0 bridgehead atoms. The normalized spacial score (nSPS) is 15.0. The van der Waals surface area contributed by atoms with E-state index in [1.807, 2.05) is 24.7 Å². The Labute approximate surface area is 757 Å². The fourth-order valence-electron chi connectivity index (χ4n) is 21.5. The van der Waals surface area contributed by atoms with Gasteiger partial charge in [-0.2, -0.15) is 9.13 Å². The van der Waals surface area contributed by atoms with Crippen LogP contribution in [0.2, 0.25) is 0 Å². The summed E-state index contributed by atoms with van der Waals surface area (Å²) in [5.74, 6) is 2.13. The molecule has 0 spiro atoms. The minimum atomic E-state index is -2.30. The molecule has 0 atom stereocenters. The van der Waals surface area contributed by atoms with Gasteiger partial charge in [-0.15, -0.1) is 0 Å². The standard InChI is InChI=1S/C31H32N.C26H26N.C25H30N.C20H22N.C19H20N/c1-20-17-27-25-11-7-8-12-28(25)31(2,3)29(27)19-26(20)30-24-14-13-22(21-9-5-6-10-21)18-23(24)15-16-32(30)4;1-18-15-20-9-5-6-10-21(20)17-25(18)26-24-12-11-22(19-7-3-4-8-19)16-23(24)13-14-27(26)2;1-5-19-14-17(2)15-24(18(19)3)25-23-11-10-21(20-8-6-7-9-20)16-22(23)12-13-26(25)4;1-13-7-9-18-17(10-13)12-16(4)21(5)20(18)19-11-14(2)6-8-15(19)3;1-13-9-10-18-16(11-13)12-15(3)20(4)19(18)17-8-6-5-7-14(17)2/h7-8,11-19,21H,5-6,9-10H2,1-4H3;5-6,9-17,19H,3-4,7-8H2,1-2H3;10-16,20H,5-9H2,1-4H3;6-12H,1-5H3;5-12H,1-4H3/q5*+1/i;;2D3,5D2;;. The van der Waals surface area contributed by atoms with Gasteiger partial charge in [0.05, 0.1) is 43.6 Å². The van der Waals surface area contributed by atoms with Gasteiger partial charge in [0.2, 0.25) is 28.5 Å². The lowest BCUT2D eigenvalue weighted by Gasteiger charge is -2.22. The summed E-state index contributed by atoms with van der Waals surface area (Å²) in [6, 6.07) is 91.3. The SMILES string of the molecule is Cc1cc2c(cc1-c1c3ccc(C4CCCC4)cc3cc[n+]1C)C(C)(C)c1ccccc1-2.Cc1cc2ccccc2cc1-c1c2ccc(C3CCCC3)cc2cc[n+]1C.Cc1ccc(C)c(-c2c3ccc(C)cc3cc(C)[n+]2C)c1.Cc1ccc2c(-c3ccccc3C)[n+](C)c(C)cc2c1.[2H]C([2H])([2H])c1cc(-c2c3ccc(C4CCCC4)cc3cc[n+]2C)c(C)c(C([2H])([2H])C)c1. The second-order valence-electron chi connectivity index (χ2n) is 37.9. The highest BCUT2D eigenvalue weighted by Gasteiger charge is 2.37. The number of pyridine rings is 5. The second kappa shape index (κ2) is 36.1.